The molecule has 2 heteroatoms. The van der Waals surface area contributed by atoms with E-state index in [9.17, 15) is 4.79 Å². The minimum absolute atomic E-state index is 0.363. The van der Waals surface area contributed by atoms with Crippen LogP contribution in [0.4, 0.5) is 0 Å². The van der Waals surface area contributed by atoms with E-state index in [0.717, 1.165) is 19.4 Å². The van der Waals surface area contributed by atoms with Crippen molar-refractivity contribution in [3.05, 3.63) is 0 Å². The summed E-state index contributed by atoms with van der Waals surface area (Å²) in [7, 11) is 0. The van der Waals surface area contributed by atoms with Crippen LogP contribution >= 0.6 is 0 Å². The molecule has 0 radical (unpaired) electrons. The lowest BCUT2D eigenvalue weighted by Gasteiger charge is -2.35. The Kier molecular flexibility index (Phi) is 4.25. The summed E-state index contributed by atoms with van der Waals surface area (Å²) in [6.45, 7) is 3.06. The standard InChI is InChI=1S/C14H25NO/c1-2-15(13-10-4-3-5-11-13)14(16)12-8-6-7-9-12/h12-13H,2-11H2,1H3. The van der Waals surface area contributed by atoms with Crippen molar-refractivity contribution in [2.24, 2.45) is 5.92 Å². The fourth-order valence-corrected chi connectivity index (χ4v) is 3.39. The molecule has 0 heterocycles. The van der Waals surface area contributed by atoms with Crippen molar-refractivity contribution in [2.45, 2.75) is 70.8 Å². The van der Waals surface area contributed by atoms with E-state index < -0.39 is 0 Å². The van der Waals surface area contributed by atoms with Gasteiger partial charge in [-0.25, -0.2) is 0 Å². The molecular weight excluding hydrogens is 198 g/mol. The molecule has 0 spiro atoms. The molecule has 0 aromatic rings. The van der Waals surface area contributed by atoms with E-state index in [0.29, 0.717) is 17.9 Å². The van der Waals surface area contributed by atoms with E-state index in [4.69, 9.17) is 0 Å². The van der Waals surface area contributed by atoms with Crippen LogP contribution in [0.25, 0.3) is 0 Å². The predicted molar refractivity (Wildman–Crippen MR) is 66.2 cm³/mol. The summed E-state index contributed by atoms with van der Waals surface area (Å²) in [5.41, 5.74) is 0. The third kappa shape index (κ3) is 2.58. The Bertz CT molecular complexity index is 227. The SMILES string of the molecule is CCN(C(=O)C1CCCC1)C1CCCCC1. The van der Waals surface area contributed by atoms with Crippen molar-refractivity contribution in [1.82, 2.24) is 4.90 Å². The number of nitrogens with zero attached hydrogens (tertiary/aromatic N) is 1. The zero-order valence-corrected chi connectivity index (χ0v) is 10.6. The number of hydrogen-bond donors (Lipinski definition) is 0. The molecule has 0 bridgehead atoms. The first-order valence-corrected chi connectivity index (χ1v) is 7.13. The first-order valence-electron chi connectivity index (χ1n) is 7.13. The van der Waals surface area contributed by atoms with E-state index in [1.807, 2.05) is 0 Å². The van der Waals surface area contributed by atoms with E-state index in [1.165, 1.54) is 44.9 Å². The highest BCUT2D eigenvalue weighted by Gasteiger charge is 2.30. The van der Waals surface area contributed by atoms with Crippen molar-refractivity contribution in [2.75, 3.05) is 6.54 Å². The smallest absolute Gasteiger partial charge is 0.225 e. The van der Waals surface area contributed by atoms with Gasteiger partial charge in [0.1, 0.15) is 0 Å². The van der Waals surface area contributed by atoms with E-state index in [2.05, 4.69) is 11.8 Å². The molecule has 2 rings (SSSR count). The topological polar surface area (TPSA) is 20.3 Å². The van der Waals surface area contributed by atoms with Gasteiger partial charge >= 0.3 is 0 Å². The monoisotopic (exact) mass is 223 g/mol. The highest BCUT2D eigenvalue weighted by atomic mass is 16.2. The predicted octanol–water partition coefficient (Wildman–Crippen LogP) is 3.36. The Morgan fingerprint density at radius 3 is 2.12 bits per heavy atom. The van der Waals surface area contributed by atoms with Crippen LogP contribution in [0.3, 0.4) is 0 Å². The molecule has 0 aliphatic heterocycles. The van der Waals surface area contributed by atoms with Gasteiger partial charge in [0.2, 0.25) is 5.91 Å². The lowest BCUT2D eigenvalue weighted by molar-refractivity contribution is -0.138. The summed E-state index contributed by atoms with van der Waals surface area (Å²) < 4.78 is 0. The first kappa shape index (κ1) is 11.9. The lowest BCUT2D eigenvalue weighted by atomic mass is 9.93. The van der Waals surface area contributed by atoms with Crippen LogP contribution in [0, 0.1) is 5.92 Å². The van der Waals surface area contributed by atoms with E-state index in [1.54, 1.807) is 0 Å². The summed E-state index contributed by atoms with van der Waals surface area (Å²) in [6, 6.07) is 0.562. The zero-order valence-electron chi connectivity index (χ0n) is 10.6. The maximum absolute atomic E-state index is 12.4. The maximum atomic E-state index is 12.4. The van der Waals surface area contributed by atoms with Crippen molar-refractivity contribution in [3.8, 4) is 0 Å². The number of hydrogen-bond acceptors (Lipinski definition) is 1. The second kappa shape index (κ2) is 5.70. The van der Waals surface area contributed by atoms with Gasteiger partial charge in [-0.05, 0) is 32.6 Å². The van der Waals surface area contributed by atoms with Crippen LogP contribution in [-0.2, 0) is 4.79 Å². The molecule has 0 aromatic heterocycles. The summed E-state index contributed by atoms with van der Waals surface area (Å²) >= 11 is 0. The molecular formula is C14H25NO. The minimum atomic E-state index is 0.363. The number of carbonyl (C=O) groups is 1. The van der Waals surface area contributed by atoms with Crippen molar-refractivity contribution in [1.29, 1.82) is 0 Å². The van der Waals surface area contributed by atoms with Gasteiger partial charge in [-0.15, -0.1) is 0 Å². The second-order valence-electron chi connectivity index (χ2n) is 5.40. The van der Waals surface area contributed by atoms with Crippen molar-refractivity contribution < 1.29 is 4.79 Å². The first-order chi connectivity index (χ1) is 7.83. The molecule has 16 heavy (non-hydrogen) atoms. The summed E-state index contributed by atoms with van der Waals surface area (Å²) in [6.07, 6.45) is 11.3. The quantitative estimate of drug-likeness (QED) is 0.718. The van der Waals surface area contributed by atoms with Crippen molar-refractivity contribution >= 4 is 5.91 Å². The molecule has 0 N–H and O–H groups in total. The van der Waals surface area contributed by atoms with Gasteiger partial charge in [-0.3, -0.25) is 4.79 Å². The molecule has 2 saturated carbocycles. The molecule has 1 amide bonds. The molecule has 0 atom stereocenters. The second-order valence-corrected chi connectivity index (χ2v) is 5.40. The van der Waals surface area contributed by atoms with Crippen LogP contribution in [0.5, 0.6) is 0 Å². The van der Waals surface area contributed by atoms with Crippen LogP contribution < -0.4 is 0 Å². The molecule has 0 unspecified atom stereocenters. The lowest BCUT2D eigenvalue weighted by Crippen LogP contribution is -2.43. The van der Waals surface area contributed by atoms with Gasteiger partial charge < -0.3 is 4.90 Å². The maximum Gasteiger partial charge on any atom is 0.225 e. The average Bonchev–Trinajstić information content (AvgIpc) is 2.85. The average molecular weight is 223 g/mol. The Hall–Kier alpha value is -0.530. The highest BCUT2D eigenvalue weighted by molar-refractivity contribution is 5.79. The van der Waals surface area contributed by atoms with Gasteiger partial charge in [0.25, 0.3) is 0 Å². The van der Waals surface area contributed by atoms with Crippen molar-refractivity contribution in [3.63, 3.8) is 0 Å². The Labute approximate surface area is 99.4 Å². The molecule has 2 fully saturated rings. The molecule has 2 aliphatic rings. The van der Waals surface area contributed by atoms with Crippen LogP contribution in [-0.4, -0.2) is 23.4 Å². The van der Waals surface area contributed by atoms with Crippen LogP contribution in [0.1, 0.15) is 64.7 Å². The number of carbonyl (C=O) groups excluding carboxylic acids is 1. The Balaban J connectivity index is 1.94. The molecule has 92 valence electrons. The number of amides is 1. The summed E-state index contributed by atoms with van der Waals surface area (Å²) in [5.74, 6) is 0.828. The van der Waals surface area contributed by atoms with E-state index in [-0.39, 0.29) is 0 Å². The van der Waals surface area contributed by atoms with Gasteiger partial charge in [-0.1, -0.05) is 32.1 Å². The third-order valence-electron chi connectivity index (χ3n) is 4.34. The van der Waals surface area contributed by atoms with Gasteiger partial charge in [0, 0.05) is 18.5 Å². The van der Waals surface area contributed by atoms with Crippen LogP contribution in [0.15, 0.2) is 0 Å². The normalized spacial score (nSPS) is 23.6. The molecule has 0 aromatic carbocycles. The molecule has 2 nitrogen and oxygen atoms in total. The van der Waals surface area contributed by atoms with Crippen LogP contribution in [0.2, 0.25) is 0 Å². The highest BCUT2D eigenvalue weighted by Crippen LogP contribution is 2.30. The fourth-order valence-electron chi connectivity index (χ4n) is 3.39. The zero-order chi connectivity index (χ0) is 11.4. The largest absolute Gasteiger partial charge is 0.340 e. The molecule has 2 aliphatic carbocycles. The summed E-state index contributed by atoms with van der Waals surface area (Å²) in [4.78, 5) is 14.6. The minimum Gasteiger partial charge on any atom is -0.340 e. The molecule has 0 saturated heterocycles. The summed E-state index contributed by atoms with van der Waals surface area (Å²) in [5, 5.41) is 0. The fraction of sp³-hybridized carbons (Fsp3) is 0.929. The third-order valence-corrected chi connectivity index (χ3v) is 4.34. The van der Waals surface area contributed by atoms with Gasteiger partial charge in [0.05, 0.1) is 0 Å². The van der Waals surface area contributed by atoms with E-state index >= 15 is 0 Å². The van der Waals surface area contributed by atoms with Gasteiger partial charge in [-0.2, -0.15) is 0 Å². The Morgan fingerprint density at radius 1 is 1.00 bits per heavy atom. The number of rotatable bonds is 3. The van der Waals surface area contributed by atoms with Gasteiger partial charge in [0.15, 0.2) is 0 Å². The Morgan fingerprint density at radius 2 is 1.56 bits per heavy atom.